The van der Waals surface area contributed by atoms with Gasteiger partial charge >= 0.3 is 0 Å². The summed E-state index contributed by atoms with van der Waals surface area (Å²) in [4.78, 5) is 0. The topological polar surface area (TPSA) is 35.8 Å². The van der Waals surface area contributed by atoms with Gasteiger partial charge in [0.05, 0.1) is 6.07 Å². The van der Waals surface area contributed by atoms with Crippen LogP contribution in [-0.2, 0) is 6.54 Å². The van der Waals surface area contributed by atoms with Crippen molar-refractivity contribution in [1.82, 2.24) is 5.32 Å². The van der Waals surface area contributed by atoms with E-state index in [1.165, 1.54) is 6.07 Å². The van der Waals surface area contributed by atoms with Crippen LogP contribution in [0.15, 0.2) is 24.3 Å². The average molecular weight is 274 g/mol. The minimum absolute atomic E-state index is 0.174. The van der Waals surface area contributed by atoms with Gasteiger partial charge in [0.15, 0.2) is 0 Å². The summed E-state index contributed by atoms with van der Waals surface area (Å²) in [6, 6.07) is 9.60. The Morgan fingerprint density at radius 1 is 1.40 bits per heavy atom. The van der Waals surface area contributed by atoms with Crippen molar-refractivity contribution in [3.8, 4) is 6.07 Å². The predicted molar refractivity (Wildman–Crippen MR) is 78.4 cm³/mol. The van der Waals surface area contributed by atoms with Crippen molar-refractivity contribution in [3.63, 3.8) is 0 Å². The molecule has 108 valence electrons. The first-order valence-corrected chi connectivity index (χ1v) is 7.52. The molecular weight excluding hydrogens is 251 g/mol. The smallest absolute Gasteiger partial charge is 0.123 e. The van der Waals surface area contributed by atoms with Gasteiger partial charge in [0.1, 0.15) is 5.82 Å². The summed E-state index contributed by atoms with van der Waals surface area (Å²) in [6.07, 6.45) is 6.25. The molecule has 2 nitrogen and oxygen atoms in total. The van der Waals surface area contributed by atoms with Crippen molar-refractivity contribution in [3.05, 3.63) is 35.6 Å². The molecular formula is C17H23FN2. The molecule has 1 fully saturated rings. The van der Waals surface area contributed by atoms with Crippen LogP contribution in [0.1, 0.15) is 51.0 Å². The number of halogens is 1. The van der Waals surface area contributed by atoms with Crippen LogP contribution in [0.3, 0.4) is 0 Å². The summed E-state index contributed by atoms with van der Waals surface area (Å²) < 4.78 is 13.1. The molecule has 1 aromatic carbocycles. The van der Waals surface area contributed by atoms with Gasteiger partial charge < -0.3 is 5.32 Å². The van der Waals surface area contributed by atoms with Crippen LogP contribution in [0, 0.1) is 22.6 Å². The monoisotopic (exact) mass is 274 g/mol. The highest BCUT2D eigenvalue weighted by Crippen LogP contribution is 2.41. The fourth-order valence-corrected chi connectivity index (χ4v) is 3.17. The molecule has 0 aromatic heterocycles. The fraction of sp³-hybridized carbons (Fsp3) is 0.588. The van der Waals surface area contributed by atoms with E-state index in [4.69, 9.17) is 5.26 Å². The highest BCUT2D eigenvalue weighted by atomic mass is 19.1. The Bertz CT molecular complexity index is 470. The van der Waals surface area contributed by atoms with Gasteiger partial charge in [-0.2, -0.15) is 5.26 Å². The average Bonchev–Trinajstić information content (AvgIpc) is 2.47. The van der Waals surface area contributed by atoms with E-state index in [1.54, 1.807) is 12.1 Å². The molecule has 1 N–H and O–H groups in total. The fourth-order valence-electron chi connectivity index (χ4n) is 3.17. The number of hydrogen-bond acceptors (Lipinski definition) is 2. The molecule has 2 rings (SSSR count). The Hall–Kier alpha value is -1.40. The zero-order chi connectivity index (χ0) is 14.4. The maximum atomic E-state index is 13.1. The molecule has 0 radical (unpaired) electrons. The Labute approximate surface area is 121 Å². The van der Waals surface area contributed by atoms with Crippen LogP contribution in [0.4, 0.5) is 4.39 Å². The Balaban J connectivity index is 1.81. The molecule has 0 heterocycles. The van der Waals surface area contributed by atoms with E-state index >= 15 is 0 Å². The van der Waals surface area contributed by atoms with Crippen LogP contribution in [0.2, 0.25) is 0 Å². The van der Waals surface area contributed by atoms with E-state index in [9.17, 15) is 4.39 Å². The van der Waals surface area contributed by atoms with Crippen LogP contribution < -0.4 is 5.32 Å². The lowest BCUT2D eigenvalue weighted by molar-refractivity contribution is 0.159. The largest absolute Gasteiger partial charge is 0.310 e. The van der Waals surface area contributed by atoms with Gasteiger partial charge in [-0.15, -0.1) is 0 Å². The van der Waals surface area contributed by atoms with Gasteiger partial charge in [-0.25, -0.2) is 4.39 Å². The van der Waals surface area contributed by atoms with Crippen LogP contribution in [0.5, 0.6) is 0 Å². The van der Waals surface area contributed by atoms with Crippen molar-refractivity contribution < 1.29 is 4.39 Å². The Morgan fingerprint density at radius 2 is 2.15 bits per heavy atom. The Morgan fingerprint density at radius 3 is 2.75 bits per heavy atom. The maximum Gasteiger partial charge on any atom is 0.123 e. The van der Waals surface area contributed by atoms with Crippen molar-refractivity contribution >= 4 is 0 Å². The zero-order valence-electron chi connectivity index (χ0n) is 12.2. The van der Waals surface area contributed by atoms with Crippen molar-refractivity contribution in [2.75, 3.05) is 0 Å². The highest BCUT2D eigenvalue weighted by molar-refractivity contribution is 5.16. The number of nitriles is 1. The van der Waals surface area contributed by atoms with Gasteiger partial charge in [0, 0.05) is 19.0 Å². The Kier molecular flexibility index (Phi) is 5.14. The summed E-state index contributed by atoms with van der Waals surface area (Å²) >= 11 is 0. The summed E-state index contributed by atoms with van der Waals surface area (Å²) in [7, 11) is 0. The summed E-state index contributed by atoms with van der Waals surface area (Å²) in [5.41, 5.74) is 1.24. The first-order valence-electron chi connectivity index (χ1n) is 7.52. The molecule has 20 heavy (non-hydrogen) atoms. The lowest BCUT2D eigenvalue weighted by Gasteiger charge is -2.38. The van der Waals surface area contributed by atoms with Crippen molar-refractivity contribution in [2.45, 2.75) is 58.0 Å². The first kappa shape index (κ1) is 15.0. The van der Waals surface area contributed by atoms with Crippen molar-refractivity contribution in [1.29, 1.82) is 5.26 Å². The molecule has 1 aliphatic rings. The SMILES string of the molecule is CCC1(CC#N)CCC(NCc2cccc(F)c2)CC1. The second-order valence-electron chi connectivity index (χ2n) is 5.97. The van der Waals surface area contributed by atoms with E-state index in [1.807, 2.05) is 6.07 Å². The molecule has 0 aliphatic heterocycles. The van der Waals surface area contributed by atoms with E-state index in [-0.39, 0.29) is 11.2 Å². The summed E-state index contributed by atoms with van der Waals surface area (Å²) in [5.74, 6) is -0.174. The predicted octanol–water partition coefficient (Wildman–Crippen LogP) is 4.17. The third kappa shape index (κ3) is 3.80. The van der Waals surface area contributed by atoms with E-state index < -0.39 is 0 Å². The number of nitrogens with zero attached hydrogens (tertiary/aromatic N) is 1. The minimum atomic E-state index is -0.174. The quantitative estimate of drug-likeness (QED) is 0.874. The van der Waals surface area contributed by atoms with Gasteiger partial charge in [-0.3, -0.25) is 0 Å². The maximum absolute atomic E-state index is 13.1. The molecule has 1 aromatic rings. The lowest BCUT2D eigenvalue weighted by Crippen LogP contribution is -2.37. The van der Waals surface area contributed by atoms with Crippen LogP contribution >= 0.6 is 0 Å². The number of nitrogens with one attached hydrogen (secondary N) is 1. The highest BCUT2D eigenvalue weighted by Gasteiger charge is 2.33. The molecule has 0 saturated heterocycles. The van der Waals surface area contributed by atoms with E-state index in [0.717, 1.165) is 44.2 Å². The number of benzene rings is 1. The summed E-state index contributed by atoms with van der Waals surface area (Å²) in [6.45, 7) is 2.91. The molecule has 0 atom stereocenters. The van der Waals surface area contributed by atoms with Gasteiger partial charge in [-0.1, -0.05) is 19.1 Å². The molecule has 0 spiro atoms. The minimum Gasteiger partial charge on any atom is -0.310 e. The second kappa shape index (κ2) is 6.85. The molecule has 1 aliphatic carbocycles. The molecule has 1 saturated carbocycles. The molecule has 0 amide bonds. The number of hydrogen-bond donors (Lipinski definition) is 1. The normalized spacial score (nSPS) is 26.1. The standard InChI is InChI=1S/C17H23FN2/c1-2-17(10-11-19)8-6-16(7-9-17)20-13-14-4-3-5-15(18)12-14/h3-5,12,16,20H,2,6-10,13H2,1H3. The summed E-state index contributed by atoms with van der Waals surface area (Å²) in [5, 5.41) is 12.5. The third-order valence-corrected chi connectivity index (χ3v) is 4.73. The van der Waals surface area contributed by atoms with Crippen LogP contribution in [0.25, 0.3) is 0 Å². The van der Waals surface area contributed by atoms with Gasteiger partial charge in [0.25, 0.3) is 0 Å². The molecule has 0 unspecified atom stereocenters. The van der Waals surface area contributed by atoms with E-state index in [2.05, 4.69) is 18.3 Å². The molecule has 0 bridgehead atoms. The molecule has 3 heteroatoms. The van der Waals surface area contributed by atoms with Crippen LogP contribution in [-0.4, -0.2) is 6.04 Å². The van der Waals surface area contributed by atoms with E-state index in [0.29, 0.717) is 12.5 Å². The zero-order valence-corrected chi connectivity index (χ0v) is 12.2. The second-order valence-corrected chi connectivity index (χ2v) is 5.97. The van der Waals surface area contributed by atoms with Crippen molar-refractivity contribution in [2.24, 2.45) is 5.41 Å². The third-order valence-electron chi connectivity index (χ3n) is 4.73. The van der Waals surface area contributed by atoms with Gasteiger partial charge in [0.2, 0.25) is 0 Å². The van der Waals surface area contributed by atoms with Gasteiger partial charge in [-0.05, 0) is 55.2 Å². The lowest BCUT2D eigenvalue weighted by atomic mass is 9.69. The first-order chi connectivity index (χ1) is 9.67. The number of rotatable bonds is 5.